The number of esters is 1. The molecule has 0 aliphatic carbocycles. The molecule has 0 heterocycles. The van der Waals surface area contributed by atoms with Crippen LogP contribution in [0.3, 0.4) is 0 Å². The highest BCUT2D eigenvalue weighted by Crippen LogP contribution is 2.19. The molecule has 3 aromatic carbocycles. The molecule has 0 radical (unpaired) electrons. The summed E-state index contributed by atoms with van der Waals surface area (Å²) >= 11 is 0. The summed E-state index contributed by atoms with van der Waals surface area (Å²) in [7, 11) is 0. The van der Waals surface area contributed by atoms with Gasteiger partial charge >= 0.3 is 5.97 Å². The van der Waals surface area contributed by atoms with E-state index in [1.54, 1.807) is 66.9 Å². The second kappa shape index (κ2) is 12.3. The second-order valence-corrected chi connectivity index (χ2v) is 7.52. The molecule has 0 saturated carbocycles. The van der Waals surface area contributed by atoms with Crippen LogP contribution >= 0.6 is 0 Å². The van der Waals surface area contributed by atoms with Gasteiger partial charge in [0.05, 0.1) is 17.9 Å². The Morgan fingerprint density at radius 3 is 2.19 bits per heavy atom. The molecule has 1 N–H and O–H groups in total. The Hall–Kier alpha value is -3.60. The standard InChI is InChI=1S/C27H29NO4/c1-2-3-4-5-6-19-31-25-17-9-22(10-18-25)27(30)32-26-15-7-21(8-16-26)20-28-23-11-13-24(29)14-12-23/h7-18,20,29H,2-6,19H2,1H3. The van der Waals surface area contributed by atoms with Gasteiger partial charge in [-0.15, -0.1) is 0 Å². The summed E-state index contributed by atoms with van der Waals surface area (Å²) in [6.07, 6.45) is 7.68. The van der Waals surface area contributed by atoms with Gasteiger partial charge in [0.15, 0.2) is 0 Å². The third-order valence-electron chi connectivity index (χ3n) is 4.91. The number of carbonyl (C=O) groups excluding carboxylic acids is 1. The number of nitrogens with zero attached hydrogens (tertiary/aromatic N) is 1. The molecule has 0 aromatic heterocycles. The molecule has 3 rings (SSSR count). The summed E-state index contributed by atoms with van der Waals surface area (Å²) in [6.45, 7) is 2.89. The van der Waals surface area contributed by atoms with Crippen molar-refractivity contribution in [1.82, 2.24) is 0 Å². The van der Waals surface area contributed by atoms with Crippen LogP contribution in [0.1, 0.15) is 54.9 Å². The first-order chi connectivity index (χ1) is 15.6. The van der Waals surface area contributed by atoms with Crippen molar-refractivity contribution >= 4 is 17.9 Å². The van der Waals surface area contributed by atoms with Crippen LogP contribution in [0.2, 0.25) is 0 Å². The molecule has 0 saturated heterocycles. The van der Waals surface area contributed by atoms with E-state index >= 15 is 0 Å². The molecule has 0 unspecified atom stereocenters. The lowest BCUT2D eigenvalue weighted by Gasteiger charge is -2.08. The lowest BCUT2D eigenvalue weighted by atomic mass is 10.2. The van der Waals surface area contributed by atoms with Crippen molar-refractivity contribution in [3.05, 3.63) is 83.9 Å². The van der Waals surface area contributed by atoms with Gasteiger partial charge in [-0.25, -0.2) is 4.79 Å². The Bertz CT molecular complexity index is 993. The predicted molar refractivity (Wildman–Crippen MR) is 127 cm³/mol. The van der Waals surface area contributed by atoms with Gasteiger partial charge in [-0.2, -0.15) is 0 Å². The first-order valence-corrected chi connectivity index (χ1v) is 11.0. The van der Waals surface area contributed by atoms with Gasteiger partial charge in [0.1, 0.15) is 17.2 Å². The van der Waals surface area contributed by atoms with Crippen LogP contribution in [0.5, 0.6) is 17.2 Å². The Morgan fingerprint density at radius 2 is 1.50 bits per heavy atom. The van der Waals surface area contributed by atoms with Crippen molar-refractivity contribution in [1.29, 1.82) is 0 Å². The van der Waals surface area contributed by atoms with Gasteiger partial charge in [0.25, 0.3) is 0 Å². The fourth-order valence-electron chi connectivity index (χ4n) is 3.06. The van der Waals surface area contributed by atoms with Crippen LogP contribution in [0.25, 0.3) is 0 Å². The van der Waals surface area contributed by atoms with Crippen molar-refractivity contribution in [3.8, 4) is 17.2 Å². The van der Waals surface area contributed by atoms with Gasteiger partial charge in [0, 0.05) is 6.21 Å². The molecule has 0 amide bonds. The van der Waals surface area contributed by atoms with Crippen LogP contribution in [0.15, 0.2) is 77.8 Å². The molecule has 32 heavy (non-hydrogen) atoms. The normalized spacial score (nSPS) is 10.9. The maximum Gasteiger partial charge on any atom is 0.343 e. The minimum absolute atomic E-state index is 0.204. The largest absolute Gasteiger partial charge is 0.508 e. The first-order valence-electron chi connectivity index (χ1n) is 11.0. The second-order valence-electron chi connectivity index (χ2n) is 7.52. The van der Waals surface area contributed by atoms with Gasteiger partial charge in [0.2, 0.25) is 0 Å². The number of carbonyl (C=O) groups is 1. The average molecular weight is 432 g/mol. The Kier molecular flexibility index (Phi) is 8.87. The summed E-state index contributed by atoms with van der Waals surface area (Å²) in [5, 5.41) is 9.31. The Morgan fingerprint density at radius 1 is 0.844 bits per heavy atom. The smallest absolute Gasteiger partial charge is 0.343 e. The number of aromatic hydroxyl groups is 1. The van der Waals surface area contributed by atoms with Crippen LogP contribution in [-0.4, -0.2) is 23.9 Å². The summed E-state index contributed by atoms with van der Waals surface area (Å²) in [6, 6.07) is 20.8. The number of unbranched alkanes of at least 4 members (excludes halogenated alkanes) is 4. The van der Waals surface area contributed by atoms with Crippen LogP contribution in [-0.2, 0) is 0 Å². The fraction of sp³-hybridized carbons (Fsp3) is 0.259. The van der Waals surface area contributed by atoms with Crippen molar-refractivity contribution < 1.29 is 19.4 Å². The minimum atomic E-state index is -0.415. The zero-order valence-corrected chi connectivity index (χ0v) is 18.4. The van der Waals surface area contributed by atoms with Gasteiger partial charge in [-0.1, -0.05) is 32.6 Å². The van der Waals surface area contributed by atoms with E-state index < -0.39 is 5.97 Å². The van der Waals surface area contributed by atoms with Gasteiger partial charge < -0.3 is 14.6 Å². The van der Waals surface area contributed by atoms with E-state index in [0.29, 0.717) is 17.9 Å². The van der Waals surface area contributed by atoms with Crippen molar-refractivity contribution in [2.75, 3.05) is 6.61 Å². The SMILES string of the molecule is CCCCCCCOc1ccc(C(=O)Oc2ccc(C=Nc3ccc(O)cc3)cc2)cc1. The molecule has 5 heteroatoms. The van der Waals surface area contributed by atoms with E-state index in [0.717, 1.165) is 23.4 Å². The Balaban J connectivity index is 1.47. The summed E-state index contributed by atoms with van der Waals surface area (Å²) in [5.74, 6) is 1.01. The van der Waals surface area contributed by atoms with Crippen molar-refractivity contribution in [2.24, 2.45) is 4.99 Å². The van der Waals surface area contributed by atoms with E-state index in [1.807, 2.05) is 12.1 Å². The first kappa shape index (κ1) is 23.1. The summed E-state index contributed by atoms with van der Waals surface area (Å²) in [4.78, 5) is 16.7. The molecule has 3 aromatic rings. The molecule has 0 atom stereocenters. The molecule has 0 fully saturated rings. The molecule has 0 spiro atoms. The molecule has 0 aliphatic rings. The average Bonchev–Trinajstić information content (AvgIpc) is 2.82. The quantitative estimate of drug-likeness (QED) is 0.158. The fourth-order valence-corrected chi connectivity index (χ4v) is 3.06. The zero-order valence-electron chi connectivity index (χ0n) is 18.4. The van der Waals surface area contributed by atoms with Gasteiger partial charge in [-0.05, 0) is 84.8 Å². The number of phenolic OH excluding ortho intramolecular Hbond substituents is 1. The number of hydrogen-bond acceptors (Lipinski definition) is 5. The number of aliphatic imine (C=N–C) groups is 1. The predicted octanol–water partition coefficient (Wildman–Crippen LogP) is 6.71. The van der Waals surface area contributed by atoms with E-state index in [-0.39, 0.29) is 5.75 Å². The minimum Gasteiger partial charge on any atom is -0.508 e. The topological polar surface area (TPSA) is 68.1 Å². The van der Waals surface area contributed by atoms with E-state index in [9.17, 15) is 9.90 Å². The van der Waals surface area contributed by atoms with E-state index in [4.69, 9.17) is 9.47 Å². The van der Waals surface area contributed by atoms with Crippen LogP contribution in [0.4, 0.5) is 5.69 Å². The molecule has 0 bridgehead atoms. The highest BCUT2D eigenvalue weighted by molar-refractivity contribution is 5.91. The number of ether oxygens (including phenoxy) is 2. The molecule has 5 nitrogen and oxygen atoms in total. The number of hydrogen-bond donors (Lipinski definition) is 1. The summed E-state index contributed by atoms with van der Waals surface area (Å²) in [5.41, 5.74) is 2.08. The summed E-state index contributed by atoms with van der Waals surface area (Å²) < 4.78 is 11.2. The molecular weight excluding hydrogens is 402 g/mol. The Labute approximate surface area is 189 Å². The third-order valence-corrected chi connectivity index (χ3v) is 4.91. The van der Waals surface area contributed by atoms with Crippen molar-refractivity contribution in [3.63, 3.8) is 0 Å². The van der Waals surface area contributed by atoms with Crippen molar-refractivity contribution in [2.45, 2.75) is 39.0 Å². The third kappa shape index (κ3) is 7.58. The highest BCUT2D eigenvalue weighted by Gasteiger charge is 2.09. The molecular formula is C27H29NO4. The lowest BCUT2D eigenvalue weighted by molar-refractivity contribution is 0.0734. The maximum absolute atomic E-state index is 12.4. The van der Waals surface area contributed by atoms with E-state index in [1.165, 1.54) is 25.7 Å². The number of phenols is 1. The monoisotopic (exact) mass is 431 g/mol. The highest BCUT2D eigenvalue weighted by atomic mass is 16.5. The van der Waals surface area contributed by atoms with E-state index in [2.05, 4.69) is 11.9 Å². The maximum atomic E-state index is 12.4. The van der Waals surface area contributed by atoms with Gasteiger partial charge in [-0.3, -0.25) is 4.99 Å². The lowest BCUT2D eigenvalue weighted by Crippen LogP contribution is -2.08. The van der Waals surface area contributed by atoms with Crippen LogP contribution < -0.4 is 9.47 Å². The van der Waals surface area contributed by atoms with Crippen LogP contribution in [0, 0.1) is 0 Å². The molecule has 166 valence electrons. The molecule has 0 aliphatic heterocycles. The number of rotatable bonds is 11. The number of benzene rings is 3. The zero-order chi connectivity index (χ0) is 22.6.